The number of nitrogens with one attached hydrogen (secondary N) is 1. The molecule has 0 saturated heterocycles. The molecule has 1 heteroatoms. The molecular weight excluding hydrogens is 230 g/mol. The van der Waals surface area contributed by atoms with E-state index in [0.717, 1.165) is 23.8 Å². The molecule has 0 aromatic carbocycles. The third-order valence-electron chi connectivity index (χ3n) is 5.17. The summed E-state index contributed by atoms with van der Waals surface area (Å²) < 4.78 is 0. The predicted octanol–water partition coefficient (Wildman–Crippen LogP) is 4.93. The maximum Gasteiger partial charge on any atom is 0.00683 e. The summed E-state index contributed by atoms with van der Waals surface area (Å²) in [6, 6.07) is 0.877. The van der Waals surface area contributed by atoms with Gasteiger partial charge in [-0.15, -0.1) is 6.58 Å². The van der Waals surface area contributed by atoms with E-state index in [1.54, 1.807) is 0 Å². The van der Waals surface area contributed by atoms with Gasteiger partial charge >= 0.3 is 0 Å². The fourth-order valence-corrected chi connectivity index (χ4v) is 3.85. The molecule has 2 aliphatic carbocycles. The molecule has 2 saturated carbocycles. The fraction of sp³-hybridized carbons (Fsp3) is 0.889. The van der Waals surface area contributed by atoms with Crippen molar-refractivity contribution >= 4 is 0 Å². The van der Waals surface area contributed by atoms with E-state index >= 15 is 0 Å². The minimum absolute atomic E-state index is 0.877. The highest BCUT2D eigenvalue weighted by molar-refractivity contribution is 4.86. The van der Waals surface area contributed by atoms with Crippen molar-refractivity contribution in [3.05, 3.63) is 12.7 Å². The highest BCUT2D eigenvalue weighted by Gasteiger charge is 2.31. The van der Waals surface area contributed by atoms with Crippen LogP contribution in [0.3, 0.4) is 0 Å². The van der Waals surface area contributed by atoms with Crippen LogP contribution in [0.4, 0.5) is 0 Å². The van der Waals surface area contributed by atoms with Crippen molar-refractivity contribution < 1.29 is 0 Å². The van der Waals surface area contributed by atoms with Crippen LogP contribution in [0.25, 0.3) is 0 Å². The molecule has 2 aliphatic rings. The molecule has 1 nitrogen and oxygen atoms in total. The fourth-order valence-electron chi connectivity index (χ4n) is 3.85. The van der Waals surface area contributed by atoms with Gasteiger partial charge in [-0.05, 0) is 69.2 Å². The van der Waals surface area contributed by atoms with Crippen LogP contribution in [0.5, 0.6) is 0 Å². The lowest BCUT2D eigenvalue weighted by molar-refractivity contribution is 0.157. The van der Waals surface area contributed by atoms with Gasteiger partial charge in [0, 0.05) is 6.04 Å². The zero-order chi connectivity index (χ0) is 13.5. The van der Waals surface area contributed by atoms with Gasteiger partial charge in [0.15, 0.2) is 0 Å². The van der Waals surface area contributed by atoms with E-state index in [1.165, 1.54) is 70.8 Å². The number of hydrogen-bond donors (Lipinski definition) is 1. The maximum atomic E-state index is 3.86. The summed E-state index contributed by atoms with van der Waals surface area (Å²) >= 11 is 0. The van der Waals surface area contributed by atoms with Crippen molar-refractivity contribution in [3.63, 3.8) is 0 Å². The van der Waals surface area contributed by atoms with Crippen molar-refractivity contribution in [2.45, 2.75) is 77.2 Å². The molecule has 0 heterocycles. The first kappa shape index (κ1) is 15.1. The van der Waals surface area contributed by atoms with Gasteiger partial charge in [0.2, 0.25) is 0 Å². The average Bonchev–Trinajstić information content (AvgIpc) is 3.22. The second kappa shape index (κ2) is 8.09. The lowest BCUT2D eigenvalue weighted by Crippen LogP contribution is -2.34. The molecule has 0 bridgehead atoms. The van der Waals surface area contributed by atoms with Gasteiger partial charge < -0.3 is 5.32 Å². The summed E-state index contributed by atoms with van der Waals surface area (Å²) in [5.74, 6) is 2.96. The van der Waals surface area contributed by atoms with Gasteiger partial charge in [-0.25, -0.2) is 0 Å². The van der Waals surface area contributed by atoms with Gasteiger partial charge in [-0.3, -0.25) is 0 Å². The molecule has 3 unspecified atom stereocenters. The first-order valence-corrected chi connectivity index (χ1v) is 8.67. The Morgan fingerprint density at radius 3 is 2.63 bits per heavy atom. The van der Waals surface area contributed by atoms with E-state index in [-0.39, 0.29) is 0 Å². The largest absolute Gasteiger partial charge is 0.314 e. The zero-order valence-corrected chi connectivity index (χ0v) is 12.9. The lowest BCUT2D eigenvalue weighted by atomic mass is 9.71. The van der Waals surface area contributed by atoms with Gasteiger partial charge in [0.25, 0.3) is 0 Å². The Morgan fingerprint density at radius 1 is 1.11 bits per heavy atom. The molecule has 110 valence electrons. The normalized spacial score (nSPS) is 31.3. The van der Waals surface area contributed by atoms with E-state index in [1.807, 2.05) is 0 Å². The van der Waals surface area contributed by atoms with Gasteiger partial charge in [-0.2, -0.15) is 0 Å². The molecular formula is C18H33N. The van der Waals surface area contributed by atoms with Crippen LogP contribution in [-0.2, 0) is 0 Å². The predicted molar refractivity (Wildman–Crippen MR) is 84.3 cm³/mol. The molecule has 2 rings (SSSR count). The minimum Gasteiger partial charge on any atom is -0.314 e. The molecule has 19 heavy (non-hydrogen) atoms. The van der Waals surface area contributed by atoms with Crippen molar-refractivity contribution in [1.29, 1.82) is 0 Å². The highest BCUT2D eigenvalue weighted by atomic mass is 14.9. The Kier molecular flexibility index (Phi) is 6.43. The van der Waals surface area contributed by atoms with Crippen molar-refractivity contribution in [2.75, 3.05) is 6.54 Å². The number of rotatable bonds is 9. The smallest absolute Gasteiger partial charge is 0.00683 e. The molecule has 0 amide bonds. The molecule has 0 aromatic rings. The number of allylic oxidation sites excluding steroid dienone is 1. The molecule has 1 N–H and O–H groups in total. The van der Waals surface area contributed by atoms with E-state index in [9.17, 15) is 0 Å². The molecule has 0 aromatic heterocycles. The topological polar surface area (TPSA) is 12.0 Å². The number of hydrogen-bond acceptors (Lipinski definition) is 1. The van der Waals surface area contributed by atoms with Crippen LogP contribution >= 0.6 is 0 Å². The van der Waals surface area contributed by atoms with Crippen LogP contribution in [0, 0.1) is 17.8 Å². The van der Waals surface area contributed by atoms with E-state index < -0.39 is 0 Å². The Bertz CT molecular complexity index is 256. The Hall–Kier alpha value is -0.300. The summed E-state index contributed by atoms with van der Waals surface area (Å²) in [6.07, 6.45) is 16.2. The quantitative estimate of drug-likeness (QED) is 0.459. The van der Waals surface area contributed by atoms with Gasteiger partial charge in [0.1, 0.15) is 0 Å². The second-order valence-electron chi connectivity index (χ2n) is 6.89. The summed E-state index contributed by atoms with van der Waals surface area (Å²) in [6.45, 7) is 7.50. The Balaban J connectivity index is 1.77. The van der Waals surface area contributed by atoms with Crippen molar-refractivity contribution in [1.82, 2.24) is 5.32 Å². The van der Waals surface area contributed by atoms with E-state index in [0.29, 0.717) is 0 Å². The van der Waals surface area contributed by atoms with Gasteiger partial charge in [0.05, 0.1) is 0 Å². The third kappa shape index (κ3) is 5.30. The van der Waals surface area contributed by atoms with Crippen molar-refractivity contribution in [2.24, 2.45) is 17.8 Å². The monoisotopic (exact) mass is 263 g/mol. The maximum absolute atomic E-state index is 3.86. The van der Waals surface area contributed by atoms with Crippen LogP contribution in [0.1, 0.15) is 71.1 Å². The first-order chi connectivity index (χ1) is 9.33. The Morgan fingerprint density at radius 2 is 1.95 bits per heavy atom. The summed E-state index contributed by atoms with van der Waals surface area (Å²) in [7, 11) is 0. The van der Waals surface area contributed by atoms with Crippen LogP contribution < -0.4 is 5.32 Å². The highest BCUT2D eigenvalue weighted by Crippen LogP contribution is 2.39. The first-order valence-electron chi connectivity index (χ1n) is 8.67. The van der Waals surface area contributed by atoms with E-state index in [4.69, 9.17) is 0 Å². The lowest BCUT2D eigenvalue weighted by Gasteiger charge is -2.36. The minimum atomic E-state index is 0.877. The SMILES string of the molecule is C=CCCCC1CC(CCC)CCC1CNC1CC1. The molecule has 0 spiro atoms. The molecule has 0 aliphatic heterocycles. The average molecular weight is 263 g/mol. The summed E-state index contributed by atoms with van der Waals surface area (Å²) in [4.78, 5) is 0. The Labute approximate surface area is 120 Å². The van der Waals surface area contributed by atoms with E-state index in [2.05, 4.69) is 24.9 Å². The third-order valence-corrected chi connectivity index (χ3v) is 5.17. The van der Waals surface area contributed by atoms with Crippen LogP contribution in [-0.4, -0.2) is 12.6 Å². The number of unbranched alkanes of at least 4 members (excludes halogenated alkanes) is 1. The summed E-state index contributed by atoms with van der Waals surface area (Å²) in [5.41, 5.74) is 0. The molecule has 3 atom stereocenters. The van der Waals surface area contributed by atoms with Crippen LogP contribution in [0.15, 0.2) is 12.7 Å². The zero-order valence-electron chi connectivity index (χ0n) is 12.9. The summed E-state index contributed by atoms with van der Waals surface area (Å²) in [5, 5.41) is 3.77. The molecule has 2 fully saturated rings. The second-order valence-corrected chi connectivity index (χ2v) is 6.89. The molecule has 0 radical (unpaired) electrons. The van der Waals surface area contributed by atoms with Crippen LogP contribution in [0.2, 0.25) is 0 Å². The standard InChI is InChI=1S/C18H33N/c1-3-5-6-8-16-13-15(7-4-2)9-10-17(16)14-19-18-11-12-18/h3,15-19H,1,4-14H2,2H3. The van der Waals surface area contributed by atoms with Crippen molar-refractivity contribution in [3.8, 4) is 0 Å². The van der Waals surface area contributed by atoms with Gasteiger partial charge in [-0.1, -0.05) is 32.3 Å².